The molecule has 0 spiro atoms. The smallest absolute Gasteiger partial charge is 0.120 e. The summed E-state index contributed by atoms with van der Waals surface area (Å²) in [6, 6.07) is 10.2. The van der Waals surface area contributed by atoms with E-state index in [1.165, 1.54) is 18.1 Å². The van der Waals surface area contributed by atoms with Gasteiger partial charge in [0.05, 0.1) is 18.2 Å². The molecule has 0 saturated carbocycles. The highest BCUT2D eigenvalue weighted by Gasteiger charge is 2.17. The molecule has 0 aromatic heterocycles. The number of ether oxygens (including phenoxy) is 1. The molecule has 0 radical (unpaired) electrons. The van der Waals surface area contributed by atoms with Crippen molar-refractivity contribution in [3.05, 3.63) is 29.8 Å². The molecule has 1 aromatic carbocycles. The molecule has 1 saturated heterocycles. The van der Waals surface area contributed by atoms with Crippen LogP contribution >= 0.6 is 11.8 Å². The lowest BCUT2D eigenvalue weighted by molar-refractivity contribution is 0.206. The molecule has 1 atom stereocenters. The van der Waals surface area contributed by atoms with Gasteiger partial charge in [-0.05, 0) is 31.5 Å². The van der Waals surface area contributed by atoms with Crippen LogP contribution in [0.3, 0.4) is 0 Å². The van der Waals surface area contributed by atoms with Crippen LogP contribution < -0.4 is 4.74 Å². The fourth-order valence-corrected chi connectivity index (χ4v) is 3.29. The largest absolute Gasteiger partial charge is 0.494 e. The summed E-state index contributed by atoms with van der Waals surface area (Å²) in [6.07, 6.45) is 1.03. The fraction of sp³-hybridized carbons (Fsp3) is 0.533. The predicted molar refractivity (Wildman–Crippen MR) is 79.6 cm³/mol. The number of hydrogen-bond acceptors (Lipinski definition) is 4. The van der Waals surface area contributed by atoms with E-state index in [1.54, 1.807) is 12.1 Å². The second-order valence-corrected chi connectivity index (χ2v) is 5.95. The van der Waals surface area contributed by atoms with E-state index in [-0.39, 0.29) is 0 Å². The normalized spacial score (nSPS) is 19.9. The molecule has 1 unspecified atom stereocenters. The van der Waals surface area contributed by atoms with Crippen LogP contribution in [0.25, 0.3) is 0 Å². The third-order valence-corrected chi connectivity index (χ3v) is 4.52. The Morgan fingerprint density at radius 1 is 1.53 bits per heavy atom. The minimum absolute atomic E-state index is 0.652. The van der Waals surface area contributed by atoms with Crippen molar-refractivity contribution in [3.63, 3.8) is 0 Å². The van der Waals surface area contributed by atoms with Gasteiger partial charge < -0.3 is 4.74 Å². The zero-order valence-electron chi connectivity index (χ0n) is 11.3. The Kier molecular flexibility index (Phi) is 5.56. The summed E-state index contributed by atoms with van der Waals surface area (Å²) in [5.41, 5.74) is 0.652. The lowest BCUT2D eigenvalue weighted by Gasteiger charge is -2.32. The number of nitriles is 1. The number of benzene rings is 1. The molecule has 4 heteroatoms. The molecule has 1 fully saturated rings. The molecule has 1 aliphatic rings. The lowest BCUT2D eigenvalue weighted by atomic mass is 10.2. The van der Waals surface area contributed by atoms with Crippen molar-refractivity contribution in [3.8, 4) is 11.8 Å². The number of hydrogen-bond donors (Lipinski definition) is 0. The van der Waals surface area contributed by atoms with Gasteiger partial charge in [-0.2, -0.15) is 17.0 Å². The van der Waals surface area contributed by atoms with Gasteiger partial charge in [0.1, 0.15) is 5.75 Å². The minimum atomic E-state index is 0.652. The van der Waals surface area contributed by atoms with Crippen molar-refractivity contribution in [2.45, 2.75) is 19.4 Å². The fourth-order valence-electron chi connectivity index (χ4n) is 2.21. The van der Waals surface area contributed by atoms with Crippen LogP contribution in [0.2, 0.25) is 0 Å². The number of rotatable bonds is 5. The Labute approximate surface area is 119 Å². The average molecular weight is 276 g/mol. The Morgan fingerprint density at radius 3 is 3.21 bits per heavy atom. The van der Waals surface area contributed by atoms with Gasteiger partial charge in [0.25, 0.3) is 0 Å². The van der Waals surface area contributed by atoms with E-state index in [2.05, 4.69) is 17.9 Å². The van der Waals surface area contributed by atoms with Crippen LogP contribution in [-0.2, 0) is 0 Å². The summed E-state index contributed by atoms with van der Waals surface area (Å²) in [5, 5.41) is 8.82. The Bertz CT molecular complexity index is 444. The van der Waals surface area contributed by atoms with Crippen LogP contribution in [-0.4, -0.2) is 42.1 Å². The monoisotopic (exact) mass is 276 g/mol. The molecular formula is C15H20N2OS. The zero-order chi connectivity index (χ0) is 13.5. The number of thioether (sulfide) groups is 1. The van der Waals surface area contributed by atoms with Gasteiger partial charge in [-0.3, -0.25) is 4.90 Å². The first kappa shape index (κ1) is 14.2. The maximum absolute atomic E-state index is 8.82. The van der Waals surface area contributed by atoms with Crippen LogP contribution in [0, 0.1) is 11.3 Å². The van der Waals surface area contributed by atoms with Crippen molar-refractivity contribution in [1.82, 2.24) is 4.90 Å². The molecule has 3 nitrogen and oxygen atoms in total. The highest BCUT2D eigenvalue weighted by molar-refractivity contribution is 7.99. The molecule has 0 aliphatic carbocycles. The van der Waals surface area contributed by atoms with Gasteiger partial charge >= 0.3 is 0 Å². The lowest BCUT2D eigenvalue weighted by Crippen LogP contribution is -2.41. The van der Waals surface area contributed by atoms with Crippen molar-refractivity contribution < 1.29 is 4.74 Å². The van der Waals surface area contributed by atoms with Crippen LogP contribution in [0.1, 0.15) is 18.9 Å². The van der Waals surface area contributed by atoms with E-state index in [0.29, 0.717) is 18.2 Å². The van der Waals surface area contributed by atoms with Crippen molar-refractivity contribution in [1.29, 1.82) is 5.26 Å². The van der Waals surface area contributed by atoms with Gasteiger partial charge in [-0.1, -0.05) is 6.07 Å². The van der Waals surface area contributed by atoms with Crippen LogP contribution in [0.15, 0.2) is 24.3 Å². The van der Waals surface area contributed by atoms with E-state index in [9.17, 15) is 0 Å². The summed E-state index contributed by atoms with van der Waals surface area (Å²) in [5.74, 6) is 3.28. The van der Waals surface area contributed by atoms with Crippen LogP contribution in [0.5, 0.6) is 5.75 Å². The highest BCUT2D eigenvalue weighted by Crippen LogP contribution is 2.16. The maximum Gasteiger partial charge on any atom is 0.120 e. The Balaban J connectivity index is 1.70. The molecule has 0 amide bonds. The molecule has 0 N–H and O–H groups in total. The second kappa shape index (κ2) is 7.42. The maximum atomic E-state index is 8.82. The first-order valence-electron chi connectivity index (χ1n) is 6.74. The summed E-state index contributed by atoms with van der Waals surface area (Å²) in [6.45, 7) is 5.30. The Hall–Kier alpha value is -1.18. The van der Waals surface area contributed by atoms with Crippen molar-refractivity contribution in [2.75, 3.05) is 31.2 Å². The van der Waals surface area contributed by atoms with E-state index < -0.39 is 0 Å². The minimum Gasteiger partial charge on any atom is -0.494 e. The van der Waals surface area contributed by atoms with Gasteiger partial charge in [0.15, 0.2) is 0 Å². The predicted octanol–water partition coefficient (Wildman–Crippen LogP) is 2.76. The van der Waals surface area contributed by atoms with Gasteiger partial charge in [-0.15, -0.1) is 0 Å². The summed E-state index contributed by atoms with van der Waals surface area (Å²) >= 11 is 2.04. The molecule has 102 valence electrons. The van der Waals surface area contributed by atoms with E-state index in [0.717, 1.165) is 18.7 Å². The summed E-state index contributed by atoms with van der Waals surface area (Å²) in [7, 11) is 0. The van der Waals surface area contributed by atoms with Gasteiger partial charge in [-0.25, -0.2) is 0 Å². The van der Waals surface area contributed by atoms with Crippen molar-refractivity contribution >= 4 is 11.8 Å². The topological polar surface area (TPSA) is 36.3 Å². The van der Waals surface area contributed by atoms with E-state index >= 15 is 0 Å². The molecule has 2 rings (SSSR count). The number of nitrogens with zero attached hydrogens (tertiary/aromatic N) is 2. The van der Waals surface area contributed by atoms with E-state index in [1.807, 2.05) is 23.9 Å². The molecule has 19 heavy (non-hydrogen) atoms. The molecule has 1 aliphatic heterocycles. The molecule has 1 aromatic rings. The van der Waals surface area contributed by atoms with Crippen LogP contribution in [0.4, 0.5) is 0 Å². The summed E-state index contributed by atoms with van der Waals surface area (Å²) in [4.78, 5) is 2.53. The van der Waals surface area contributed by atoms with Gasteiger partial charge in [0, 0.05) is 30.6 Å². The summed E-state index contributed by atoms with van der Waals surface area (Å²) < 4.78 is 5.69. The molecule has 0 bridgehead atoms. The third kappa shape index (κ3) is 4.45. The zero-order valence-corrected chi connectivity index (χ0v) is 12.2. The van der Waals surface area contributed by atoms with Crippen molar-refractivity contribution in [2.24, 2.45) is 0 Å². The quantitative estimate of drug-likeness (QED) is 0.775. The SMILES string of the molecule is CC1CSCCN1CCCOc1cccc(C#N)c1. The van der Waals surface area contributed by atoms with Gasteiger partial charge in [0.2, 0.25) is 0 Å². The second-order valence-electron chi connectivity index (χ2n) is 4.80. The standard InChI is InChI=1S/C15H20N2OS/c1-13-12-19-9-7-17(13)6-3-8-18-15-5-2-4-14(10-15)11-16/h2,4-5,10,13H,3,6-9,12H2,1H3. The Morgan fingerprint density at radius 2 is 2.42 bits per heavy atom. The van der Waals surface area contributed by atoms with E-state index in [4.69, 9.17) is 10.00 Å². The molecular weight excluding hydrogens is 256 g/mol. The highest BCUT2D eigenvalue weighted by atomic mass is 32.2. The third-order valence-electron chi connectivity index (χ3n) is 3.33. The average Bonchev–Trinajstić information content (AvgIpc) is 2.45. The first-order chi connectivity index (χ1) is 9.29. The first-order valence-corrected chi connectivity index (χ1v) is 7.90. The molecule has 1 heterocycles.